The summed E-state index contributed by atoms with van der Waals surface area (Å²) < 4.78 is 5.68. The van der Waals surface area contributed by atoms with Crippen LogP contribution in [-0.2, 0) is 12.1 Å². The second-order valence-electron chi connectivity index (χ2n) is 5.50. The molecule has 0 radical (unpaired) electrons. The van der Waals surface area contributed by atoms with Crippen molar-refractivity contribution in [1.29, 1.82) is 5.26 Å². The Labute approximate surface area is 130 Å². The number of nitriles is 1. The van der Waals surface area contributed by atoms with Gasteiger partial charge in [-0.05, 0) is 23.8 Å². The number of para-hydroxylation sites is 1. The molecule has 0 spiro atoms. The second kappa shape index (κ2) is 6.18. The first-order valence-electron chi connectivity index (χ1n) is 7.35. The Morgan fingerprint density at radius 2 is 1.95 bits per heavy atom. The lowest BCUT2D eigenvalue weighted by Crippen LogP contribution is -2.48. The topological polar surface area (TPSA) is 65.3 Å². The molecule has 0 bridgehead atoms. The molecular weight excluding hydrogens is 276 g/mol. The number of nitrogens with zero attached hydrogens (tertiary/aromatic N) is 1. The van der Waals surface area contributed by atoms with E-state index in [1.165, 1.54) is 0 Å². The molecule has 1 heterocycles. The number of fused-ring (bicyclic) bond motifs is 1. The van der Waals surface area contributed by atoms with Crippen LogP contribution in [0, 0.1) is 11.3 Å². The molecular formula is C18H18N2O2. The summed E-state index contributed by atoms with van der Waals surface area (Å²) in [6.45, 7) is 1.22. The van der Waals surface area contributed by atoms with Gasteiger partial charge in [-0.25, -0.2) is 0 Å². The van der Waals surface area contributed by atoms with Crippen LogP contribution in [0.3, 0.4) is 0 Å². The van der Waals surface area contributed by atoms with Gasteiger partial charge >= 0.3 is 0 Å². The highest BCUT2D eigenvalue weighted by atomic mass is 16.5. The van der Waals surface area contributed by atoms with Crippen molar-refractivity contribution in [2.75, 3.05) is 13.2 Å². The van der Waals surface area contributed by atoms with Gasteiger partial charge in [-0.1, -0.05) is 30.3 Å². The zero-order chi connectivity index (χ0) is 15.4. The van der Waals surface area contributed by atoms with Gasteiger partial charge in [0, 0.05) is 18.5 Å². The lowest BCUT2D eigenvalue weighted by molar-refractivity contribution is 0.106. The summed E-state index contributed by atoms with van der Waals surface area (Å²) in [5.41, 5.74) is 2.24. The maximum atomic E-state index is 9.99. The maximum absolute atomic E-state index is 9.99. The van der Waals surface area contributed by atoms with Crippen molar-refractivity contribution in [1.82, 2.24) is 5.32 Å². The summed E-state index contributed by atoms with van der Waals surface area (Å²) >= 11 is 0. The van der Waals surface area contributed by atoms with E-state index in [1.54, 1.807) is 12.1 Å². The average molecular weight is 294 g/mol. The Hall–Kier alpha value is -2.35. The molecule has 1 atom stereocenters. The van der Waals surface area contributed by atoms with Crippen molar-refractivity contribution in [3.63, 3.8) is 0 Å². The predicted octanol–water partition coefficient (Wildman–Crippen LogP) is 2.32. The number of rotatable bonds is 4. The monoisotopic (exact) mass is 294 g/mol. The molecule has 0 amide bonds. The Morgan fingerprint density at radius 1 is 1.18 bits per heavy atom. The van der Waals surface area contributed by atoms with Gasteiger partial charge in [-0.2, -0.15) is 5.26 Å². The maximum Gasteiger partial charge on any atom is 0.124 e. The molecule has 4 heteroatoms. The lowest BCUT2D eigenvalue weighted by atomic mass is 9.85. The Balaban J connectivity index is 1.81. The summed E-state index contributed by atoms with van der Waals surface area (Å²) in [6, 6.07) is 17.4. The van der Waals surface area contributed by atoms with Crippen LogP contribution in [0.25, 0.3) is 0 Å². The van der Waals surface area contributed by atoms with Gasteiger partial charge in [0.2, 0.25) is 0 Å². The summed E-state index contributed by atoms with van der Waals surface area (Å²) in [6.07, 6.45) is 0.719. The van der Waals surface area contributed by atoms with Crippen molar-refractivity contribution in [3.8, 4) is 11.8 Å². The predicted molar refractivity (Wildman–Crippen MR) is 83.3 cm³/mol. The molecule has 0 aliphatic carbocycles. The zero-order valence-electron chi connectivity index (χ0n) is 12.2. The third-order valence-electron chi connectivity index (χ3n) is 4.17. The molecule has 1 aliphatic heterocycles. The third-order valence-corrected chi connectivity index (χ3v) is 4.17. The first kappa shape index (κ1) is 14.6. The molecule has 0 unspecified atom stereocenters. The molecule has 3 rings (SSSR count). The first-order chi connectivity index (χ1) is 10.8. The fourth-order valence-corrected chi connectivity index (χ4v) is 2.83. The molecule has 0 saturated heterocycles. The molecule has 22 heavy (non-hydrogen) atoms. The van der Waals surface area contributed by atoms with Crippen LogP contribution in [0.5, 0.6) is 5.75 Å². The van der Waals surface area contributed by atoms with E-state index in [4.69, 9.17) is 10.00 Å². The molecule has 4 nitrogen and oxygen atoms in total. The molecule has 0 saturated carbocycles. The molecule has 2 aromatic carbocycles. The number of aliphatic hydroxyl groups is 1. The number of hydrogen-bond donors (Lipinski definition) is 2. The second-order valence-corrected chi connectivity index (χ2v) is 5.50. The summed E-state index contributed by atoms with van der Waals surface area (Å²) in [5, 5.41) is 22.3. The molecule has 112 valence electrons. The van der Waals surface area contributed by atoms with Crippen LogP contribution in [0.15, 0.2) is 48.5 Å². The highest BCUT2D eigenvalue weighted by Crippen LogP contribution is 2.36. The molecule has 1 aliphatic rings. The van der Waals surface area contributed by atoms with Gasteiger partial charge in [-0.3, -0.25) is 0 Å². The standard InChI is InChI=1S/C18H18N2O2/c19-11-14-5-7-15(8-6-14)12-20-18(13-21)9-10-22-17-4-2-1-3-16(17)18/h1-8,20-21H,9-10,12-13H2/t18-/m1/s1. The minimum Gasteiger partial charge on any atom is -0.493 e. The van der Waals surface area contributed by atoms with E-state index >= 15 is 0 Å². The Kier molecular flexibility index (Phi) is 4.10. The Bertz CT molecular complexity index is 691. The van der Waals surface area contributed by atoms with Gasteiger partial charge in [0.05, 0.1) is 30.4 Å². The largest absolute Gasteiger partial charge is 0.493 e. The van der Waals surface area contributed by atoms with Crippen LogP contribution < -0.4 is 10.1 Å². The molecule has 2 aromatic rings. The SMILES string of the molecule is N#Cc1ccc(CN[C@@]2(CO)CCOc3ccccc32)cc1. The lowest BCUT2D eigenvalue weighted by Gasteiger charge is -2.38. The number of hydrogen-bond acceptors (Lipinski definition) is 4. The van der Waals surface area contributed by atoms with E-state index in [0.29, 0.717) is 18.7 Å². The smallest absolute Gasteiger partial charge is 0.124 e. The number of aliphatic hydroxyl groups excluding tert-OH is 1. The van der Waals surface area contributed by atoms with Crippen molar-refractivity contribution < 1.29 is 9.84 Å². The normalized spacial score (nSPS) is 19.8. The average Bonchev–Trinajstić information content (AvgIpc) is 2.60. The number of benzene rings is 2. The van der Waals surface area contributed by atoms with Crippen LogP contribution >= 0.6 is 0 Å². The summed E-state index contributed by atoms with van der Waals surface area (Å²) in [4.78, 5) is 0. The fourth-order valence-electron chi connectivity index (χ4n) is 2.83. The van der Waals surface area contributed by atoms with Gasteiger partial charge in [-0.15, -0.1) is 0 Å². The minimum absolute atomic E-state index is 0.0175. The number of ether oxygens (including phenoxy) is 1. The highest BCUT2D eigenvalue weighted by molar-refractivity contribution is 5.41. The van der Waals surface area contributed by atoms with E-state index in [2.05, 4.69) is 11.4 Å². The van der Waals surface area contributed by atoms with Crippen LogP contribution in [-0.4, -0.2) is 18.3 Å². The van der Waals surface area contributed by atoms with Gasteiger partial charge < -0.3 is 15.2 Å². The third kappa shape index (κ3) is 2.69. The minimum atomic E-state index is -0.483. The van der Waals surface area contributed by atoms with Crippen molar-refractivity contribution in [2.45, 2.75) is 18.5 Å². The van der Waals surface area contributed by atoms with Crippen LogP contribution in [0.1, 0.15) is 23.1 Å². The highest BCUT2D eigenvalue weighted by Gasteiger charge is 2.36. The molecule has 0 fully saturated rings. The number of nitrogens with one attached hydrogen (secondary N) is 1. The van der Waals surface area contributed by atoms with Crippen LogP contribution in [0.4, 0.5) is 0 Å². The van der Waals surface area contributed by atoms with Crippen LogP contribution in [0.2, 0.25) is 0 Å². The van der Waals surface area contributed by atoms with Crippen molar-refractivity contribution >= 4 is 0 Å². The quantitative estimate of drug-likeness (QED) is 0.908. The van der Waals surface area contributed by atoms with Gasteiger partial charge in [0.15, 0.2) is 0 Å². The van der Waals surface area contributed by atoms with E-state index < -0.39 is 5.54 Å². The first-order valence-corrected chi connectivity index (χ1v) is 7.35. The van der Waals surface area contributed by atoms with Gasteiger partial charge in [0.1, 0.15) is 5.75 Å². The zero-order valence-corrected chi connectivity index (χ0v) is 12.2. The Morgan fingerprint density at radius 3 is 2.68 bits per heavy atom. The summed E-state index contributed by atoms with van der Waals surface area (Å²) in [5.74, 6) is 0.829. The van der Waals surface area contributed by atoms with Gasteiger partial charge in [0.25, 0.3) is 0 Å². The molecule has 2 N–H and O–H groups in total. The van der Waals surface area contributed by atoms with Crippen molar-refractivity contribution in [2.24, 2.45) is 0 Å². The summed E-state index contributed by atoms with van der Waals surface area (Å²) in [7, 11) is 0. The molecule has 0 aromatic heterocycles. The van der Waals surface area contributed by atoms with E-state index in [9.17, 15) is 5.11 Å². The van der Waals surface area contributed by atoms with E-state index in [0.717, 1.165) is 23.3 Å². The van der Waals surface area contributed by atoms with Crippen molar-refractivity contribution in [3.05, 3.63) is 65.2 Å². The fraction of sp³-hybridized carbons (Fsp3) is 0.278. The van der Waals surface area contributed by atoms with E-state index in [1.807, 2.05) is 36.4 Å². The van der Waals surface area contributed by atoms with E-state index in [-0.39, 0.29) is 6.61 Å².